The van der Waals surface area contributed by atoms with E-state index in [0.717, 1.165) is 0 Å². The van der Waals surface area contributed by atoms with Crippen molar-refractivity contribution in [2.24, 2.45) is 5.41 Å². The fourth-order valence-electron chi connectivity index (χ4n) is 3.68. The minimum atomic E-state index is -2.20. The minimum absolute atomic E-state index is 0.0450. The highest BCUT2D eigenvalue weighted by atomic mass is 28.4. The number of amides is 1. The van der Waals surface area contributed by atoms with Gasteiger partial charge in [0.1, 0.15) is 5.78 Å². The van der Waals surface area contributed by atoms with E-state index in [1.807, 2.05) is 6.08 Å². The van der Waals surface area contributed by atoms with Gasteiger partial charge in [-0.05, 0) is 31.5 Å². The molecule has 0 N–H and O–H groups in total. The fraction of sp³-hybridized carbons (Fsp3) is 0.737. The molecule has 146 valence electrons. The first-order chi connectivity index (χ1) is 11.9. The molecular weight excluding hydrogens is 350 g/mol. The van der Waals surface area contributed by atoms with Crippen LogP contribution >= 0.6 is 0 Å². The fourth-order valence-corrected chi connectivity index (χ4v) is 5.00. The van der Waals surface area contributed by atoms with Gasteiger partial charge in [0.25, 0.3) is 0 Å². The summed E-state index contributed by atoms with van der Waals surface area (Å²) in [5.74, 6) is -0.964. The van der Waals surface area contributed by atoms with E-state index < -0.39 is 31.8 Å². The first kappa shape index (κ1) is 20.8. The molecule has 26 heavy (non-hydrogen) atoms. The van der Waals surface area contributed by atoms with Crippen LogP contribution in [0.3, 0.4) is 0 Å². The maximum atomic E-state index is 12.8. The number of Topliss-reactive ketones (excluding diaryl/α,β-unsaturated/α-hetero) is 1. The van der Waals surface area contributed by atoms with Crippen molar-refractivity contribution in [3.05, 3.63) is 12.2 Å². The van der Waals surface area contributed by atoms with Crippen LogP contribution in [0.25, 0.3) is 0 Å². The number of nitrogens with zero attached hydrogens (tertiary/aromatic N) is 1. The number of esters is 1. The second-order valence-corrected chi connectivity index (χ2v) is 13.6. The van der Waals surface area contributed by atoms with Crippen molar-refractivity contribution in [2.75, 3.05) is 13.7 Å². The Morgan fingerprint density at radius 2 is 1.88 bits per heavy atom. The maximum Gasteiger partial charge on any atom is 0.321 e. The number of methoxy groups -OCH3 is 1. The summed E-state index contributed by atoms with van der Waals surface area (Å²) in [5, 5.41) is -0.0450. The van der Waals surface area contributed by atoms with E-state index in [4.69, 9.17) is 9.16 Å². The van der Waals surface area contributed by atoms with Gasteiger partial charge in [-0.25, -0.2) is 0 Å². The van der Waals surface area contributed by atoms with E-state index in [9.17, 15) is 14.4 Å². The largest absolute Gasteiger partial charge is 0.468 e. The van der Waals surface area contributed by atoms with E-state index >= 15 is 0 Å². The Bertz CT molecular complexity index is 636. The number of carbonyl (C=O) groups is 3. The van der Waals surface area contributed by atoms with Crippen molar-refractivity contribution < 1.29 is 23.5 Å². The highest BCUT2D eigenvalue weighted by molar-refractivity contribution is 6.74. The molecule has 1 amide bonds. The Morgan fingerprint density at radius 3 is 2.38 bits per heavy atom. The maximum absolute atomic E-state index is 12.8. The zero-order valence-corrected chi connectivity index (χ0v) is 17.9. The number of ketones is 1. The first-order valence-electron chi connectivity index (χ1n) is 9.10. The van der Waals surface area contributed by atoms with Crippen molar-refractivity contribution in [3.63, 3.8) is 0 Å². The second kappa shape index (κ2) is 6.92. The monoisotopic (exact) mass is 381 g/mol. The molecule has 2 heterocycles. The Hall–Kier alpha value is -1.47. The summed E-state index contributed by atoms with van der Waals surface area (Å²) in [6, 6.07) is -0.635. The molecular formula is C19H31NO5Si. The van der Waals surface area contributed by atoms with Gasteiger partial charge in [0.15, 0.2) is 13.7 Å². The quantitative estimate of drug-likeness (QED) is 0.324. The molecule has 2 aliphatic heterocycles. The average molecular weight is 382 g/mol. The number of hydrogen-bond acceptors (Lipinski definition) is 5. The third kappa shape index (κ3) is 3.27. The standard InChI is InChI=1S/C19H31NO5Si/c1-13(21)19(17(23)24-5)10-8-9-11-20-15(22)12-14(16(19)20)25-26(6,7)18(2,3)4/h8-9,14,16H,10-12H2,1-7H3/t14-,16+,19?/m1/s1. The second-order valence-electron chi connectivity index (χ2n) is 8.81. The summed E-state index contributed by atoms with van der Waals surface area (Å²) in [6.07, 6.45) is 3.56. The lowest BCUT2D eigenvalue weighted by Gasteiger charge is -2.44. The molecule has 0 spiro atoms. The highest BCUT2D eigenvalue weighted by Gasteiger charge is 2.61. The van der Waals surface area contributed by atoms with Crippen molar-refractivity contribution in [1.82, 2.24) is 4.90 Å². The summed E-state index contributed by atoms with van der Waals surface area (Å²) in [5.41, 5.74) is -1.42. The van der Waals surface area contributed by atoms with Gasteiger partial charge in [-0.2, -0.15) is 0 Å². The molecule has 0 aliphatic carbocycles. The molecule has 1 saturated heterocycles. The molecule has 1 unspecified atom stereocenters. The molecule has 0 saturated carbocycles. The van der Waals surface area contributed by atoms with Gasteiger partial charge in [-0.1, -0.05) is 32.9 Å². The lowest BCUT2D eigenvalue weighted by molar-refractivity contribution is -0.164. The Labute approximate surface area is 157 Å². The smallest absolute Gasteiger partial charge is 0.321 e. The predicted octanol–water partition coefficient (Wildman–Crippen LogP) is 2.69. The third-order valence-corrected chi connectivity index (χ3v) is 10.7. The van der Waals surface area contributed by atoms with Crippen molar-refractivity contribution in [1.29, 1.82) is 0 Å². The Kier molecular flexibility index (Phi) is 5.55. The lowest BCUT2D eigenvalue weighted by atomic mass is 9.72. The van der Waals surface area contributed by atoms with Gasteiger partial charge in [0, 0.05) is 6.54 Å². The van der Waals surface area contributed by atoms with E-state index in [2.05, 4.69) is 33.9 Å². The summed E-state index contributed by atoms with van der Waals surface area (Å²) < 4.78 is 11.6. The van der Waals surface area contributed by atoms with Crippen LogP contribution < -0.4 is 0 Å². The van der Waals surface area contributed by atoms with E-state index in [-0.39, 0.29) is 29.6 Å². The van der Waals surface area contributed by atoms with Crippen LogP contribution in [0.2, 0.25) is 18.1 Å². The number of hydrogen-bond donors (Lipinski definition) is 0. The Morgan fingerprint density at radius 1 is 1.27 bits per heavy atom. The average Bonchev–Trinajstić information content (AvgIpc) is 2.71. The SMILES string of the molecule is COC(=O)C1(C(C)=O)CC=CCN2C(=O)C[C@@H](O[Si](C)(C)C(C)(C)C)[C@H]21. The summed E-state index contributed by atoms with van der Waals surface area (Å²) in [4.78, 5) is 39.8. The predicted molar refractivity (Wildman–Crippen MR) is 101 cm³/mol. The number of carbonyl (C=O) groups excluding carboxylic acids is 3. The molecule has 1 fully saturated rings. The van der Waals surface area contributed by atoms with Gasteiger partial charge in [-0.3, -0.25) is 14.4 Å². The van der Waals surface area contributed by atoms with Crippen molar-refractivity contribution >= 4 is 26.0 Å². The highest BCUT2D eigenvalue weighted by Crippen LogP contribution is 2.45. The number of ether oxygens (including phenoxy) is 1. The van der Waals surface area contributed by atoms with Crippen LogP contribution in [-0.2, 0) is 23.5 Å². The molecule has 0 bridgehead atoms. The van der Waals surface area contributed by atoms with E-state index in [0.29, 0.717) is 6.54 Å². The summed E-state index contributed by atoms with van der Waals surface area (Å²) >= 11 is 0. The van der Waals surface area contributed by atoms with Gasteiger partial charge < -0.3 is 14.1 Å². The first-order valence-corrected chi connectivity index (χ1v) is 12.0. The molecule has 0 aromatic heterocycles. The van der Waals surface area contributed by atoms with Crippen molar-refractivity contribution in [3.8, 4) is 0 Å². The van der Waals surface area contributed by atoms with Gasteiger partial charge in [0.05, 0.1) is 25.7 Å². The minimum Gasteiger partial charge on any atom is -0.468 e. The van der Waals surface area contributed by atoms with Gasteiger partial charge >= 0.3 is 5.97 Å². The van der Waals surface area contributed by atoms with Crippen LogP contribution in [0.4, 0.5) is 0 Å². The number of allylic oxidation sites excluding steroid dienone is 1. The van der Waals surface area contributed by atoms with Crippen LogP contribution in [-0.4, -0.2) is 56.7 Å². The van der Waals surface area contributed by atoms with Crippen LogP contribution in [0.5, 0.6) is 0 Å². The Balaban J connectivity index is 2.54. The third-order valence-electron chi connectivity index (χ3n) is 6.23. The molecule has 2 aliphatic rings. The van der Waals surface area contributed by atoms with Crippen molar-refractivity contribution in [2.45, 2.75) is 70.8 Å². The van der Waals surface area contributed by atoms with Crippen LogP contribution in [0.15, 0.2) is 12.2 Å². The van der Waals surface area contributed by atoms with Crippen LogP contribution in [0, 0.1) is 5.41 Å². The number of fused-ring (bicyclic) bond motifs is 1. The molecule has 3 atom stereocenters. The molecule has 7 heteroatoms. The zero-order chi connectivity index (χ0) is 19.9. The topological polar surface area (TPSA) is 72.9 Å². The van der Waals surface area contributed by atoms with Crippen LogP contribution in [0.1, 0.15) is 40.5 Å². The van der Waals surface area contributed by atoms with Gasteiger partial charge in [0.2, 0.25) is 5.91 Å². The summed E-state index contributed by atoms with van der Waals surface area (Å²) in [6.45, 7) is 12.4. The molecule has 0 aromatic rings. The number of rotatable bonds is 4. The van der Waals surface area contributed by atoms with Gasteiger partial charge in [-0.15, -0.1) is 0 Å². The molecule has 2 rings (SSSR count). The lowest BCUT2D eigenvalue weighted by Crippen LogP contribution is -2.59. The zero-order valence-electron chi connectivity index (χ0n) is 16.9. The van der Waals surface area contributed by atoms with E-state index in [1.54, 1.807) is 11.0 Å². The molecule has 0 aromatic carbocycles. The normalized spacial score (nSPS) is 29.3. The van der Waals surface area contributed by atoms with E-state index in [1.165, 1.54) is 14.0 Å². The summed E-state index contributed by atoms with van der Waals surface area (Å²) in [7, 11) is -0.913. The molecule has 0 radical (unpaired) electrons. The molecule has 6 nitrogen and oxygen atoms in total.